The predicted octanol–water partition coefficient (Wildman–Crippen LogP) is 1.53. The number of rotatable bonds is 3. The molecule has 1 saturated heterocycles. The lowest BCUT2D eigenvalue weighted by Crippen LogP contribution is -2.36. The molecule has 1 unspecified atom stereocenters. The van der Waals surface area contributed by atoms with Gasteiger partial charge in [-0.1, -0.05) is 28.1 Å². The fraction of sp³-hybridized carbons (Fsp3) is 0.400. The molecule has 0 aromatic heterocycles. The van der Waals surface area contributed by atoms with E-state index in [4.69, 9.17) is 0 Å². The Kier molecular flexibility index (Phi) is 4.36. The molecular formula is C15H17BrN4O3. The average molecular weight is 381 g/mol. The van der Waals surface area contributed by atoms with Gasteiger partial charge in [-0.2, -0.15) is 0 Å². The molecule has 23 heavy (non-hydrogen) atoms. The van der Waals surface area contributed by atoms with Crippen molar-refractivity contribution >= 4 is 21.7 Å². The number of hydrogen-bond acceptors (Lipinski definition) is 6. The van der Waals surface area contributed by atoms with E-state index >= 15 is 0 Å². The van der Waals surface area contributed by atoms with Gasteiger partial charge in [0.15, 0.2) is 5.82 Å². The van der Waals surface area contributed by atoms with Crippen molar-refractivity contribution in [2.24, 2.45) is 0 Å². The first-order valence-corrected chi connectivity index (χ1v) is 8.17. The van der Waals surface area contributed by atoms with Crippen LogP contribution < -0.4 is 5.32 Å². The second-order valence-corrected chi connectivity index (χ2v) is 6.62. The number of Topliss-reactive ketones (excluding diaryl/α,β-unsaturated/α-hetero) is 1. The van der Waals surface area contributed by atoms with Crippen LogP contribution in [0.15, 0.2) is 40.3 Å². The molecule has 122 valence electrons. The van der Waals surface area contributed by atoms with Crippen LogP contribution in [-0.4, -0.2) is 46.3 Å². The van der Waals surface area contributed by atoms with Gasteiger partial charge in [0, 0.05) is 24.1 Å². The molecule has 0 aliphatic carbocycles. The van der Waals surface area contributed by atoms with Gasteiger partial charge in [-0.15, -0.1) is 0 Å². The Morgan fingerprint density at radius 1 is 1.35 bits per heavy atom. The molecule has 1 atom stereocenters. The van der Waals surface area contributed by atoms with Crippen LogP contribution in [0.2, 0.25) is 0 Å². The first-order valence-electron chi connectivity index (χ1n) is 7.37. The molecule has 7 nitrogen and oxygen atoms in total. The minimum absolute atomic E-state index is 0.317. The minimum Gasteiger partial charge on any atom is -0.353 e. The lowest BCUT2D eigenvalue weighted by atomic mass is 10.2. The molecule has 8 heteroatoms. The Labute approximate surface area is 142 Å². The predicted molar refractivity (Wildman–Crippen MR) is 87.8 cm³/mol. The van der Waals surface area contributed by atoms with E-state index in [0.29, 0.717) is 19.0 Å². The maximum Gasteiger partial charge on any atom is 0.353 e. The largest absolute Gasteiger partial charge is 0.353 e. The van der Waals surface area contributed by atoms with Crippen LogP contribution in [0.5, 0.6) is 0 Å². The zero-order valence-corrected chi connectivity index (χ0v) is 14.2. The summed E-state index contributed by atoms with van der Waals surface area (Å²) >= 11 is 3.41. The van der Waals surface area contributed by atoms with Crippen LogP contribution in [0, 0.1) is 10.1 Å². The second-order valence-electron chi connectivity index (χ2n) is 5.70. The van der Waals surface area contributed by atoms with Gasteiger partial charge in [-0.3, -0.25) is 19.8 Å². The Morgan fingerprint density at radius 3 is 2.70 bits per heavy atom. The molecule has 0 radical (unpaired) electrons. The summed E-state index contributed by atoms with van der Waals surface area (Å²) in [6.45, 7) is 4.25. The van der Waals surface area contributed by atoms with E-state index in [1.807, 2.05) is 24.3 Å². The SMILES string of the molecule is CC1C(=O)C([N+](=O)[O-])=C2NCN(Cc3ccc(Br)cc3)CCN21. The normalized spacial score (nSPS) is 21.9. The van der Waals surface area contributed by atoms with Gasteiger partial charge >= 0.3 is 5.70 Å². The first kappa shape index (κ1) is 15.9. The zero-order valence-electron chi connectivity index (χ0n) is 12.7. The number of carbonyl (C=O) groups is 1. The number of nitro groups is 1. The van der Waals surface area contributed by atoms with Crippen LogP contribution >= 0.6 is 15.9 Å². The maximum atomic E-state index is 12.0. The molecule has 2 aliphatic rings. The maximum absolute atomic E-state index is 12.0. The minimum atomic E-state index is -0.578. The van der Waals surface area contributed by atoms with Gasteiger partial charge in [-0.05, 0) is 24.6 Å². The summed E-state index contributed by atoms with van der Waals surface area (Å²) in [7, 11) is 0. The standard InChI is InChI=1S/C15H17BrN4O3/c1-10-14(21)13(20(22)23)15-17-9-18(6-7-19(10)15)8-11-2-4-12(16)5-3-11/h2-5,10,17H,6-9H2,1H3. The van der Waals surface area contributed by atoms with Crippen LogP contribution in [0.3, 0.4) is 0 Å². The summed E-state index contributed by atoms with van der Waals surface area (Å²) < 4.78 is 1.03. The van der Waals surface area contributed by atoms with E-state index in [1.165, 1.54) is 5.56 Å². The third kappa shape index (κ3) is 3.09. The quantitative estimate of drug-likeness (QED) is 0.632. The van der Waals surface area contributed by atoms with Crippen LogP contribution in [0.25, 0.3) is 0 Å². The molecule has 2 heterocycles. The Balaban J connectivity index is 1.76. The number of nitrogens with zero attached hydrogens (tertiary/aromatic N) is 3. The molecule has 1 N–H and O–H groups in total. The van der Waals surface area contributed by atoms with Gasteiger partial charge in [0.05, 0.1) is 17.6 Å². The van der Waals surface area contributed by atoms with Crippen molar-refractivity contribution in [3.05, 3.63) is 55.9 Å². The van der Waals surface area contributed by atoms with Gasteiger partial charge in [0.1, 0.15) is 0 Å². The second kappa shape index (κ2) is 6.29. The number of ketones is 1. The van der Waals surface area contributed by atoms with Gasteiger partial charge in [0.2, 0.25) is 0 Å². The lowest BCUT2D eigenvalue weighted by Gasteiger charge is -2.22. The molecule has 3 rings (SSSR count). The molecule has 0 spiro atoms. The molecule has 0 saturated carbocycles. The number of carbonyl (C=O) groups excluding carboxylic acids is 1. The first-order chi connectivity index (χ1) is 11.0. The van der Waals surface area contributed by atoms with Crippen molar-refractivity contribution in [1.29, 1.82) is 0 Å². The summed E-state index contributed by atoms with van der Waals surface area (Å²) in [5.74, 6) is -0.0651. The highest BCUT2D eigenvalue weighted by molar-refractivity contribution is 9.10. The topological polar surface area (TPSA) is 78.7 Å². The van der Waals surface area contributed by atoms with Crippen molar-refractivity contribution in [3.8, 4) is 0 Å². The Bertz CT molecular complexity index is 674. The fourth-order valence-electron chi connectivity index (χ4n) is 2.95. The van der Waals surface area contributed by atoms with Crippen molar-refractivity contribution in [1.82, 2.24) is 15.1 Å². The van der Waals surface area contributed by atoms with E-state index in [2.05, 4.69) is 26.1 Å². The van der Waals surface area contributed by atoms with Crippen molar-refractivity contribution in [2.75, 3.05) is 19.8 Å². The Morgan fingerprint density at radius 2 is 2.04 bits per heavy atom. The van der Waals surface area contributed by atoms with E-state index < -0.39 is 16.7 Å². The number of fused-ring (bicyclic) bond motifs is 1. The van der Waals surface area contributed by atoms with Crippen LogP contribution in [-0.2, 0) is 11.3 Å². The highest BCUT2D eigenvalue weighted by Crippen LogP contribution is 2.25. The summed E-state index contributed by atoms with van der Waals surface area (Å²) in [5.41, 5.74) is 0.854. The van der Waals surface area contributed by atoms with E-state index in [9.17, 15) is 14.9 Å². The number of halogens is 1. The fourth-order valence-corrected chi connectivity index (χ4v) is 3.22. The van der Waals surface area contributed by atoms with E-state index in [0.717, 1.165) is 17.6 Å². The molecule has 1 aromatic carbocycles. The monoisotopic (exact) mass is 380 g/mol. The van der Waals surface area contributed by atoms with Gasteiger partial charge < -0.3 is 10.2 Å². The molecule has 1 aromatic rings. The Hall–Kier alpha value is -1.93. The van der Waals surface area contributed by atoms with Gasteiger partial charge in [-0.25, -0.2) is 0 Å². The van der Waals surface area contributed by atoms with Crippen molar-refractivity contribution in [2.45, 2.75) is 19.5 Å². The molecule has 1 fully saturated rings. The van der Waals surface area contributed by atoms with Crippen molar-refractivity contribution in [3.63, 3.8) is 0 Å². The summed E-state index contributed by atoms with van der Waals surface area (Å²) in [6, 6.07) is 7.60. The smallest absolute Gasteiger partial charge is 0.353 e. The molecule has 0 bridgehead atoms. The number of benzene rings is 1. The summed E-state index contributed by atoms with van der Waals surface area (Å²) in [5, 5.41) is 14.2. The van der Waals surface area contributed by atoms with E-state index in [1.54, 1.807) is 11.8 Å². The summed E-state index contributed by atoms with van der Waals surface area (Å²) in [6.07, 6.45) is 0. The molecule has 0 amide bonds. The average Bonchev–Trinajstić information content (AvgIpc) is 2.65. The van der Waals surface area contributed by atoms with E-state index in [-0.39, 0.29) is 5.70 Å². The van der Waals surface area contributed by atoms with Crippen LogP contribution in [0.4, 0.5) is 0 Å². The number of nitrogens with one attached hydrogen (secondary N) is 1. The molecular weight excluding hydrogens is 364 g/mol. The third-order valence-corrected chi connectivity index (χ3v) is 4.75. The third-order valence-electron chi connectivity index (χ3n) is 4.22. The number of hydrogen-bond donors (Lipinski definition) is 1. The highest BCUT2D eigenvalue weighted by atomic mass is 79.9. The molecule has 2 aliphatic heterocycles. The van der Waals surface area contributed by atoms with Crippen molar-refractivity contribution < 1.29 is 9.72 Å². The zero-order chi connectivity index (χ0) is 16.6. The lowest BCUT2D eigenvalue weighted by molar-refractivity contribution is -0.419. The summed E-state index contributed by atoms with van der Waals surface area (Å²) in [4.78, 5) is 26.6. The highest BCUT2D eigenvalue weighted by Gasteiger charge is 2.45. The van der Waals surface area contributed by atoms with Crippen LogP contribution in [0.1, 0.15) is 12.5 Å². The van der Waals surface area contributed by atoms with Gasteiger partial charge in [0.25, 0.3) is 5.78 Å².